The van der Waals surface area contributed by atoms with E-state index in [2.05, 4.69) is 17.1 Å². The molecule has 1 amide bonds. The fourth-order valence-electron chi connectivity index (χ4n) is 2.58. The van der Waals surface area contributed by atoms with Crippen LogP contribution < -0.4 is 4.87 Å². The summed E-state index contributed by atoms with van der Waals surface area (Å²) < 4.78 is 0. The van der Waals surface area contributed by atoms with Gasteiger partial charge in [0.1, 0.15) is 5.01 Å². The van der Waals surface area contributed by atoms with Gasteiger partial charge in [0.05, 0.1) is 0 Å². The molecule has 2 unspecified atom stereocenters. The molecule has 98 valence electrons. The number of rotatable bonds is 2. The van der Waals surface area contributed by atoms with Crippen molar-refractivity contribution < 1.29 is 4.79 Å². The number of nitrogens with one attached hydrogen (secondary N) is 1. The average molecular weight is 267 g/mol. The summed E-state index contributed by atoms with van der Waals surface area (Å²) in [6.07, 6.45) is 3.09. The first-order valence-corrected chi connectivity index (χ1v) is 7.31. The lowest BCUT2D eigenvalue weighted by Gasteiger charge is -2.36. The van der Waals surface area contributed by atoms with E-state index in [1.807, 2.05) is 4.90 Å². The molecule has 1 saturated carbocycles. The quantitative estimate of drug-likeness (QED) is 0.875. The van der Waals surface area contributed by atoms with E-state index in [-0.39, 0.29) is 16.7 Å². The standard InChI is InChI=1S/C12H17N3O2S/c1-7-4-5-15(11(16)8-2-3-8)6-9(7)10-13-14-12(17)18-10/h7-9H,2-6H2,1H3,(H,14,17). The Balaban J connectivity index is 1.76. The summed E-state index contributed by atoms with van der Waals surface area (Å²) >= 11 is 1.18. The minimum Gasteiger partial charge on any atom is -0.342 e. The van der Waals surface area contributed by atoms with Crippen molar-refractivity contribution >= 4 is 17.2 Å². The van der Waals surface area contributed by atoms with Crippen molar-refractivity contribution in [2.75, 3.05) is 13.1 Å². The summed E-state index contributed by atoms with van der Waals surface area (Å²) in [4.78, 5) is 25.1. The molecule has 2 heterocycles. The molecule has 1 aromatic rings. The van der Waals surface area contributed by atoms with Crippen LogP contribution in [0.5, 0.6) is 0 Å². The zero-order chi connectivity index (χ0) is 12.7. The third-order valence-electron chi connectivity index (χ3n) is 3.97. The minimum absolute atomic E-state index is 0.108. The van der Waals surface area contributed by atoms with Crippen LogP contribution in [-0.2, 0) is 4.79 Å². The molecule has 1 saturated heterocycles. The molecule has 18 heavy (non-hydrogen) atoms. The van der Waals surface area contributed by atoms with E-state index in [4.69, 9.17) is 0 Å². The number of carbonyl (C=O) groups is 1. The highest BCUT2D eigenvalue weighted by Crippen LogP contribution is 2.36. The first kappa shape index (κ1) is 11.9. The molecule has 1 aliphatic heterocycles. The largest absolute Gasteiger partial charge is 0.342 e. The monoisotopic (exact) mass is 267 g/mol. The van der Waals surface area contributed by atoms with Crippen LogP contribution in [0, 0.1) is 11.8 Å². The van der Waals surface area contributed by atoms with Gasteiger partial charge in [0.15, 0.2) is 0 Å². The van der Waals surface area contributed by atoms with E-state index in [1.54, 1.807) is 0 Å². The lowest BCUT2D eigenvalue weighted by Crippen LogP contribution is -2.42. The molecule has 1 aliphatic carbocycles. The maximum Gasteiger partial charge on any atom is 0.322 e. The second-order valence-corrected chi connectivity index (χ2v) is 6.38. The number of aromatic nitrogens is 2. The maximum atomic E-state index is 12.1. The summed E-state index contributed by atoms with van der Waals surface area (Å²) in [7, 11) is 0. The number of hydrogen-bond donors (Lipinski definition) is 1. The van der Waals surface area contributed by atoms with Gasteiger partial charge in [0, 0.05) is 24.9 Å². The lowest BCUT2D eigenvalue weighted by atomic mass is 9.87. The Hall–Kier alpha value is -1.17. The van der Waals surface area contributed by atoms with Crippen LogP contribution in [0.3, 0.4) is 0 Å². The van der Waals surface area contributed by atoms with Gasteiger partial charge in [0.2, 0.25) is 5.91 Å². The van der Waals surface area contributed by atoms with Crippen LogP contribution in [0.25, 0.3) is 0 Å². The first-order chi connectivity index (χ1) is 8.65. The summed E-state index contributed by atoms with van der Waals surface area (Å²) in [6, 6.07) is 0. The Labute approximate surface area is 109 Å². The summed E-state index contributed by atoms with van der Waals surface area (Å²) in [5.74, 6) is 1.27. The molecule has 1 aromatic heterocycles. The van der Waals surface area contributed by atoms with Gasteiger partial charge in [-0.25, -0.2) is 5.10 Å². The Morgan fingerprint density at radius 1 is 1.44 bits per heavy atom. The lowest BCUT2D eigenvalue weighted by molar-refractivity contribution is -0.134. The molecule has 0 bridgehead atoms. The Kier molecular flexibility index (Phi) is 2.97. The molecule has 3 rings (SSSR count). The molecule has 1 N–H and O–H groups in total. The average Bonchev–Trinajstić information content (AvgIpc) is 3.12. The second kappa shape index (κ2) is 4.50. The highest BCUT2D eigenvalue weighted by molar-refractivity contribution is 7.08. The molecule has 0 spiro atoms. The molecular formula is C12H17N3O2S. The minimum atomic E-state index is -0.108. The molecule has 6 heteroatoms. The van der Waals surface area contributed by atoms with Crippen LogP contribution in [0.1, 0.15) is 37.1 Å². The third kappa shape index (κ3) is 2.21. The maximum absolute atomic E-state index is 12.1. The Morgan fingerprint density at radius 3 is 2.83 bits per heavy atom. The predicted octanol–water partition coefficient (Wildman–Crippen LogP) is 1.19. The molecule has 0 radical (unpaired) electrons. The van der Waals surface area contributed by atoms with Gasteiger partial charge >= 0.3 is 4.87 Å². The SMILES string of the molecule is CC1CCN(C(=O)C2CC2)CC1c1n[nH]c(=O)s1. The summed E-state index contributed by atoms with van der Waals surface area (Å²) in [5.41, 5.74) is 0. The van der Waals surface area contributed by atoms with Gasteiger partial charge in [-0.3, -0.25) is 9.59 Å². The number of hydrogen-bond acceptors (Lipinski definition) is 4. The Morgan fingerprint density at radius 2 is 2.22 bits per heavy atom. The van der Waals surface area contributed by atoms with E-state index in [0.717, 1.165) is 37.4 Å². The van der Waals surface area contributed by atoms with Crippen molar-refractivity contribution in [2.24, 2.45) is 11.8 Å². The normalized spacial score (nSPS) is 28.4. The van der Waals surface area contributed by atoms with Gasteiger partial charge in [-0.15, -0.1) is 0 Å². The number of carbonyl (C=O) groups excluding carboxylic acids is 1. The third-order valence-corrected chi connectivity index (χ3v) is 4.85. The number of piperidine rings is 1. The number of aromatic amines is 1. The molecule has 2 fully saturated rings. The predicted molar refractivity (Wildman–Crippen MR) is 68.6 cm³/mol. The number of likely N-dealkylation sites (tertiary alicyclic amines) is 1. The topological polar surface area (TPSA) is 66.1 Å². The number of amides is 1. The number of nitrogens with zero attached hydrogens (tertiary/aromatic N) is 2. The summed E-state index contributed by atoms with van der Waals surface area (Å²) in [6.45, 7) is 3.75. The van der Waals surface area contributed by atoms with Crippen LogP contribution in [0.4, 0.5) is 0 Å². The smallest absolute Gasteiger partial charge is 0.322 e. The zero-order valence-electron chi connectivity index (χ0n) is 10.4. The van der Waals surface area contributed by atoms with Gasteiger partial charge in [0.25, 0.3) is 0 Å². The van der Waals surface area contributed by atoms with Crippen molar-refractivity contribution in [1.82, 2.24) is 15.1 Å². The highest BCUT2D eigenvalue weighted by Gasteiger charge is 2.38. The molecular weight excluding hydrogens is 250 g/mol. The first-order valence-electron chi connectivity index (χ1n) is 6.49. The zero-order valence-corrected chi connectivity index (χ0v) is 11.2. The van der Waals surface area contributed by atoms with E-state index in [0.29, 0.717) is 11.8 Å². The van der Waals surface area contributed by atoms with Crippen LogP contribution in [0.2, 0.25) is 0 Å². The van der Waals surface area contributed by atoms with Crippen molar-refractivity contribution in [1.29, 1.82) is 0 Å². The summed E-state index contributed by atoms with van der Waals surface area (Å²) in [5, 5.41) is 7.41. The van der Waals surface area contributed by atoms with E-state index < -0.39 is 0 Å². The van der Waals surface area contributed by atoms with Crippen LogP contribution in [0.15, 0.2) is 4.79 Å². The van der Waals surface area contributed by atoms with Crippen LogP contribution >= 0.6 is 11.3 Å². The second-order valence-electron chi connectivity index (χ2n) is 5.38. The van der Waals surface area contributed by atoms with Crippen molar-refractivity contribution in [3.63, 3.8) is 0 Å². The van der Waals surface area contributed by atoms with Gasteiger partial charge in [-0.2, -0.15) is 5.10 Å². The van der Waals surface area contributed by atoms with E-state index in [9.17, 15) is 9.59 Å². The van der Waals surface area contributed by atoms with Gasteiger partial charge in [-0.1, -0.05) is 18.3 Å². The molecule has 5 nitrogen and oxygen atoms in total. The molecule has 2 atom stereocenters. The molecule has 2 aliphatic rings. The van der Waals surface area contributed by atoms with Gasteiger partial charge in [-0.05, 0) is 25.2 Å². The van der Waals surface area contributed by atoms with E-state index >= 15 is 0 Å². The van der Waals surface area contributed by atoms with Crippen LogP contribution in [-0.4, -0.2) is 34.1 Å². The van der Waals surface area contributed by atoms with Crippen molar-refractivity contribution in [2.45, 2.75) is 32.1 Å². The number of H-pyrrole nitrogens is 1. The van der Waals surface area contributed by atoms with E-state index in [1.165, 1.54) is 11.3 Å². The van der Waals surface area contributed by atoms with Crippen molar-refractivity contribution in [3.8, 4) is 0 Å². The fourth-order valence-corrected chi connectivity index (χ4v) is 3.41. The fraction of sp³-hybridized carbons (Fsp3) is 0.750. The molecule has 0 aromatic carbocycles. The highest BCUT2D eigenvalue weighted by atomic mass is 32.1. The Bertz CT molecular complexity index is 505. The van der Waals surface area contributed by atoms with Crippen molar-refractivity contribution in [3.05, 3.63) is 14.7 Å². The van der Waals surface area contributed by atoms with Gasteiger partial charge < -0.3 is 4.90 Å².